The van der Waals surface area contributed by atoms with Gasteiger partial charge in [-0.3, -0.25) is 0 Å². The molecule has 2 N–H and O–H groups in total. The van der Waals surface area contributed by atoms with Gasteiger partial charge in [-0.1, -0.05) is 23.8 Å². The van der Waals surface area contributed by atoms with E-state index in [1.165, 1.54) is 0 Å². The molecule has 4 heteroatoms. The molecule has 0 amide bonds. The van der Waals surface area contributed by atoms with E-state index in [0.29, 0.717) is 24.5 Å². The topological polar surface area (TPSA) is 68.3 Å². The van der Waals surface area contributed by atoms with Crippen molar-refractivity contribution in [3.63, 3.8) is 0 Å². The van der Waals surface area contributed by atoms with E-state index in [9.17, 15) is 0 Å². The minimum absolute atomic E-state index is 0.401. The Morgan fingerprint density at radius 3 is 2.62 bits per heavy atom. The Kier molecular flexibility index (Phi) is 4.81. The summed E-state index contributed by atoms with van der Waals surface area (Å²) >= 11 is 0. The van der Waals surface area contributed by atoms with Crippen molar-refractivity contribution >= 4 is 0 Å². The molecule has 0 aromatic heterocycles. The third-order valence-electron chi connectivity index (χ3n) is 3.22. The first-order valence-corrected chi connectivity index (χ1v) is 6.67. The van der Waals surface area contributed by atoms with Gasteiger partial charge < -0.3 is 15.2 Å². The van der Waals surface area contributed by atoms with Gasteiger partial charge in [0, 0.05) is 12.1 Å². The van der Waals surface area contributed by atoms with Crippen molar-refractivity contribution < 1.29 is 9.47 Å². The van der Waals surface area contributed by atoms with Crippen molar-refractivity contribution in [3.8, 4) is 17.6 Å². The quantitative estimate of drug-likeness (QED) is 0.915. The summed E-state index contributed by atoms with van der Waals surface area (Å²) in [6.45, 7) is 2.86. The smallest absolute Gasteiger partial charge is 0.137 e. The van der Waals surface area contributed by atoms with Crippen LogP contribution in [0.15, 0.2) is 36.4 Å². The van der Waals surface area contributed by atoms with E-state index >= 15 is 0 Å². The van der Waals surface area contributed by atoms with Gasteiger partial charge in [0.25, 0.3) is 0 Å². The van der Waals surface area contributed by atoms with Gasteiger partial charge in [0.1, 0.15) is 24.2 Å². The van der Waals surface area contributed by atoms with E-state index in [0.717, 1.165) is 22.4 Å². The lowest BCUT2D eigenvalue weighted by Crippen LogP contribution is -2.03. The molecule has 0 fully saturated rings. The molecule has 0 radical (unpaired) electrons. The molecule has 2 aromatic rings. The molecule has 0 saturated carbocycles. The molecule has 108 valence electrons. The monoisotopic (exact) mass is 282 g/mol. The highest BCUT2D eigenvalue weighted by molar-refractivity contribution is 5.45. The minimum Gasteiger partial charge on any atom is -0.495 e. The molecule has 0 heterocycles. The molecular weight excluding hydrogens is 264 g/mol. The molecule has 0 saturated heterocycles. The maximum atomic E-state index is 8.97. The molecule has 21 heavy (non-hydrogen) atoms. The van der Waals surface area contributed by atoms with Crippen LogP contribution in [0.1, 0.15) is 22.3 Å². The highest BCUT2D eigenvalue weighted by atomic mass is 16.5. The Morgan fingerprint density at radius 1 is 1.14 bits per heavy atom. The fourth-order valence-corrected chi connectivity index (χ4v) is 2.09. The summed E-state index contributed by atoms with van der Waals surface area (Å²) in [4.78, 5) is 0. The van der Waals surface area contributed by atoms with E-state index in [2.05, 4.69) is 6.07 Å². The van der Waals surface area contributed by atoms with Gasteiger partial charge in [0.2, 0.25) is 0 Å². The van der Waals surface area contributed by atoms with Crippen LogP contribution in [0, 0.1) is 18.3 Å². The Morgan fingerprint density at radius 2 is 1.95 bits per heavy atom. The van der Waals surface area contributed by atoms with E-state index in [1.807, 2.05) is 37.3 Å². The molecular formula is C17H18N2O2. The van der Waals surface area contributed by atoms with E-state index < -0.39 is 0 Å². The second kappa shape index (κ2) is 6.78. The van der Waals surface area contributed by atoms with Crippen molar-refractivity contribution in [2.24, 2.45) is 5.73 Å². The average molecular weight is 282 g/mol. The number of benzene rings is 2. The van der Waals surface area contributed by atoms with Gasteiger partial charge in [-0.05, 0) is 30.7 Å². The fourth-order valence-electron chi connectivity index (χ4n) is 2.09. The normalized spacial score (nSPS) is 10.0. The molecule has 0 spiro atoms. The van der Waals surface area contributed by atoms with Gasteiger partial charge >= 0.3 is 0 Å². The standard InChI is InChI=1S/C17H18N2O2/c1-12-3-6-16(15(7-12)10-19)21-11-13-4-5-14(9-18)17(8-13)20-2/h3-8H,10-11,19H2,1-2H3. The Labute approximate surface area is 124 Å². The van der Waals surface area contributed by atoms with Crippen LogP contribution < -0.4 is 15.2 Å². The number of nitrogens with two attached hydrogens (primary N) is 1. The number of aryl methyl sites for hydroxylation is 1. The summed E-state index contributed by atoms with van der Waals surface area (Å²) in [7, 11) is 1.55. The second-order valence-electron chi connectivity index (χ2n) is 4.75. The van der Waals surface area contributed by atoms with E-state index in [1.54, 1.807) is 13.2 Å². The van der Waals surface area contributed by atoms with Crippen molar-refractivity contribution in [1.82, 2.24) is 0 Å². The fraction of sp³-hybridized carbons (Fsp3) is 0.235. The third kappa shape index (κ3) is 3.53. The van der Waals surface area contributed by atoms with E-state index in [4.69, 9.17) is 20.5 Å². The predicted octanol–water partition coefficient (Wildman–Crippen LogP) is 2.91. The lowest BCUT2D eigenvalue weighted by Gasteiger charge is -2.12. The molecule has 0 aliphatic rings. The largest absolute Gasteiger partial charge is 0.495 e. The number of rotatable bonds is 5. The summed E-state index contributed by atoms with van der Waals surface area (Å²) in [5.41, 5.74) is 9.33. The zero-order valence-corrected chi connectivity index (χ0v) is 12.2. The van der Waals surface area contributed by atoms with Crippen LogP contribution in [0.5, 0.6) is 11.5 Å². The zero-order chi connectivity index (χ0) is 15.2. The molecule has 4 nitrogen and oxygen atoms in total. The SMILES string of the molecule is COc1cc(COc2ccc(C)cc2CN)ccc1C#N. The lowest BCUT2D eigenvalue weighted by atomic mass is 10.1. The lowest BCUT2D eigenvalue weighted by molar-refractivity contribution is 0.302. The van der Waals surface area contributed by atoms with Gasteiger partial charge in [-0.25, -0.2) is 0 Å². The Bertz CT molecular complexity index is 675. The third-order valence-corrected chi connectivity index (χ3v) is 3.22. The molecule has 0 atom stereocenters. The van der Waals surface area contributed by atoms with Crippen LogP contribution in [-0.2, 0) is 13.2 Å². The summed E-state index contributed by atoms with van der Waals surface area (Å²) in [5.74, 6) is 1.34. The van der Waals surface area contributed by atoms with Crippen molar-refractivity contribution in [1.29, 1.82) is 5.26 Å². The number of hydrogen-bond donors (Lipinski definition) is 1. The number of methoxy groups -OCH3 is 1. The number of nitrogens with zero attached hydrogens (tertiary/aromatic N) is 1. The minimum atomic E-state index is 0.401. The molecule has 2 rings (SSSR count). The first-order valence-electron chi connectivity index (χ1n) is 6.67. The first kappa shape index (κ1) is 14.9. The van der Waals surface area contributed by atoms with Crippen LogP contribution in [0.25, 0.3) is 0 Å². The van der Waals surface area contributed by atoms with Gasteiger partial charge in [-0.2, -0.15) is 5.26 Å². The van der Waals surface area contributed by atoms with Crippen molar-refractivity contribution in [2.45, 2.75) is 20.1 Å². The highest BCUT2D eigenvalue weighted by Crippen LogP contribution is 2.23. The first-order chi connectivity index (χ1) is 10.2. The molecule has 0 bridgehead atoms. The van der Waals surface area contributed by atoms with Gasteiger partial charge in [0.05, 0.1) is 12.7 Å². The summed E-state index contributed by atoms with van der Waals surface area (Å²) in [6.07, 6.45) is 0. The van der Waals surface area contributed by atoms with Gasteiger partial charge in [-0.15, -0.1) is 0 Å². The van der Waals surface area contributed by atoms with Crippen LogP contribution in [0.2, 0.25) is 0 Å². The zero-order valence-electron chi connectivity index (χ0n) is 12.2. The maximum Gasteiger partial charge on any atom is 0.137 e. The van der Waals surface area contributed by atoms with E-state index in [-0.39, 0.29) is 0 Å². The average Bonchev–Trinajstić information content (AvgIpc) is 2.53. The summed E-state index contributed by atoms with van der Waals surface area (Å²) in [5, 5.41) is 8.97. The van der Waals surface area contributed by atoms with Crippen molar-refractivity contribution in [3.05, 3.63) is 58.7 Å². The maximum absolute atomic E-state index is 8.97. The van der Waals surface area contributed by atoms with Gasteiger partial charge in [0.15, 0.2) is 0 Å². The second-order valence-corrected chi connectivity index (χ2v) is 4.75. The molecule has 0 aliphatic heterocycles. The molecule has 2 aromatic carbocycles. The number of hydrogen-bond acceptors (Lipinski definition) is 4. The number of ether oxygens (including phenoxy) is 2. The molecule has 0 unspecified atom stereocenters. The van der Waals surface area contributed by atoms with Crippen LogP contribution in [-0.4, -0.2) is 7.11 Å². The van der Waals surface area contributed by atoms with Crippen LogP contribution >= 0.6 is 0 Å². The number of nitriles is 1. The summed E-state index contributed by atoms with van der Waals surface area (Å²) < 4.78 is 11.0. The Hall–Kier alpha value is -2.51. The van der Waals surface area contributed by atoms with Crippen molar-refractivity contribution in [2.75, 3.05) is 7.11 Å². The summed E-state index contributed by atoms with van der Waals surface area (Å²) in [6, 6.07) is 13.4. The molecule has 0 aliphatic carbocycles. The highest BCUT2D eigenvalue weighted by Gasteiger charge is 2.06. The van der Waals surface area contributed by atoms with Crippen LogP contribution in [0.3, 0.4) is 0 Å². The Balaban J connectivity index is 2.15. The van der Waals surface area contributed by atoms with Crippen LogP contribution in [0.4, 0.5) is 0 Å². The predicted molar refractivity (Wildman–Crippen MR) is 81.1 cm³/mol.